The van der Waals surface area contributed by atoms with Crippen LogP contribution in [0.2, 0.25) is 0 Å². The van der Waals surface area contributed by atoms with E-state index in [1.807, 2.05) is 19.1 Å². The van der Waals surface area contributed by atoms with Crippen molar-refractivity contribution in [1.29, 1.82) is 0 Å². The Bertz CT molecular complexity index is 378. The Morgan fingerprint density at radius 3 is 2.75 bits per heavy atom. The third kappa shape index (κ3) is 3.13. The average molecular weight is 225 g/mol. The summed E-state index contributed by atoms with van der Waals surface area (Å²) in [6.45, 7) is 1.84. The zero-order chi connectivity index (χ0) is 12.1. The third-order valence-electron chi connectivity index (χ3n) is 2.05. The minimum atomic E-state index is -1.09. The molecule has 1 rings (SSSR count). The van der Waals surface area contributed by atoms with Crippen molar-refractivity contribution < 1.29 is 19.4 Å². The van der Waals surface area contributed by atoms with Crippen molar-refractivity contribution in [1.82, 2.24) is 0 Å². The fourth-order valence-electron chi connectivity index (χ4n) is 1.14. The van der Waals surface area contributed by atoms with Crippen molar-refractivity contribution in [3.63, 3.8) is 0 Å². The summed E-state index contributed by atoms with van der Waals surface area (Å²) in [7, 11) is 1.53. The molecule has 0 heterocycles. The van der Waals surface area contributed by atoms with Crippen molar-refractivity contribution in [2.45, 2.75) is 13.0 Å². The lowest BCUT2D eigenvalue weighted by molar-refractivity contribution is -0.139. The Labute approximate surface area is 93.8 Å². The number of benzene rings is 1. The van der Waals surface area contributed by atoms with Crippen LogP contribution in [0.1, 0.15) is 5.56 Å². The van der Waals surface area contributed by atoms with Crippen molar-refractivity contribution in [3.8, 4) is 11.5 Å². The predicted molar refractivity (Wildman–Crippen MR) is 58.8 cm³/mol. The summed E-state index contributed by atoms with van der Waals surface area (Å²) in [6, 6.07) is 4.35. The van der Waals surface area contributed by atoms with Crippen molar-refractivity contribution in [3.05, 3.63) is 23.8 Å². The van der Waals surface area contributed by atoms with Crippen molar-refractivity contribution in [2.75, 3.05) is 13.7 Å². The van der Waals surface area contributed by atoms with E-state index >= 15 is 0 Å². The maximum Gasteiger partial charge on any atom is 0.324 e. The molecule has 0 saturated heterocycles. The minimum absolute atomic E-state index is 0.0885. The fraction of sp³-hybridized carbons (Fsp3) is 0.364. The van der Waals surface area contributed by atoms with Gasteiger partial charge in [0.1, 0.15) is 12.6 Å². The van der Waals surface area contributed by atoms with E-state index in [1.54, 1.807) is 6.07 Å². The molecule has 3 N–H and O–H groups in total. The Morgan fingerprint density at radius 1 is 1.50 bits per heavy atom. The van der Waals surface area contributed by atoms with Gasteiger partial charge in [0, 0.05) is 0 Å². The Hall–Kier alpha value is -1.75. The highest BCUT2D eigenvalue weighted by molar-refractivity contribution is 5.73. The quantitative estimate of drug-likeness (QED) is 0.774. The molecule has 5 nitrogen and oxygen atoms in total. The summed E-state index contributed by atoms with van der Waals surface area (Å²) in [4.78, 5) is 10.5. The third-order valence-corrected chi connectivity index (χ3v) is 2.05. The van der Waals surface area contributed by atoms with Crippen LogP contribution < -0.4 is 15.2 Å². The number of carbonyl (C=O) groups is 1. The molecule has 5 heteroatoms. The Morgan fingerprint density at radius 2 is 2.19 bits per heavy atom. The van der Waals surface area contributed by atoms with Gasteiger partial charge in [-0.25, -0.2) is 0 Å². The molecule has 0 fully saturated rings. The minimum Gasteiger partial charge on any atom is -0.493 e. The number of carboxylic acids is 1. The maximum absolute atomic E-state index is 10.5. The van der Waals surface area contributed by atoms with Crippen molar-refractivity contribution in [2.24, 2.45) is 5.73 Å². The lowest BCUT2D eigenvalue weighted by Crippen LogP contribution is -2.36. The topological polar surface area (TPSA) is 81.8 Å². The summed E-state index contributed by atoms with van der Waals surface area (Å²) in [5, 5.41) is 8.59. The number of methoxy groups -OCH3 is 1. The van der Waals surface area contributed by atoms with Gasteiger partial charge in [-0.1, -0.05) is 6.07 Å². The van der Waals surface area contributed by atoms with E-state index in [4.69, 9.17) is 20.3 Å². The molecule has 16 heavy (non-hydrogen) atoms. The number of nitrogens with two attached hydrogens (primary N) is 1. The van der Waals surface area contributed by atoms with Crippen LogP contribution >= 0.6 is 0 Å². The van der Waals surface area contributed by atoms with Crippen LogP contribution in [0.4, 0.5) is 0 Å². The second-order valence-corrected chi connectivity index (χ2v) is 3.41. The summed E-state index contributed by atoms with van der Waals surface area (Å²) in [5.41, 5.74) is 6.35. The standard InChI is InChI=1S/C11H15NO4/c1-7-3-4-9(10(5-7)15-2)16-6-8(12)11(13)14/h3-5,8H,6,12H2,1-2H3,(H,13,14)/t8-/m0/s1. The lowest BCUT2D eigenvalue weighted by atomic mass is 10.2. The molecular weight excluding hydrogens is 210 g/mol. The second kappa shape index (κ2) is 5.37. The van der Waals surface area contributed by atoms with Crippen LogP contribution in [0, 0.1) is 6.92 Å². The van der Waals surface area contributed by atoms with E-state index in [-0.39, 0.29) is 6.61 Å². The van der Waals surface area contributed by atoms with Gasteiger partial charge in [-0.3, -0.25) is 4.79 Å². The van der Waals surface area contributed by atoms with Gasteiger partial charge in [0.15, 0.2) is 11.5 Å². The van der Waals surface area contributed by atoms with Crippen LogP contribution in [0.25, 0.3) is 0 Å². The molecule has 1 aromatic rings. The Balaban J connectivity index is 2.70. The molecule has 0 aromatic heterocycles. The van der Waals surface area contributed by atoms with Crippen LogP contribution in [0.15, 0.2) is 18.2 Å². The molecule has 1 aromatic carbocycles. The van der Waals surface area contributed by atoms with Crippen molar-refractivity contribution >= 4 is 5.97 Å². The number of ether oxygens (including phenoxy) is 2. The van der Waals surface area contributed by atoms with Gasteiger partial charge in [-0.2, -0.15) is 0 Å². The first-order valence-electron chi connectivity index (χ1n) is 4.80. The molecule has 88 valence electrons. The molecule has 0 spiro atoms. The van der Waals surface area contributed by atoms with Gasteiger partial charge in [0.25, 0.3) is 0 Å². The van der Waals surface area contributed by atoms with E-state index in [2.05, 4.69) is 0 Å². The zero-order valence-electron chi connectivity index (χ0n) is 9.27. The summed E-state index contributed by atoms with van der Waals surface area (Å²) < 4.78 is 10.4. The number of aryl methyl sites for hydroxylation is 1. The molecule has 1 atom stereocenters. The highest BCUT2D eigenvalue weighted by atomic mass is 16.5. The highest BCUT2D eigenvalue weighted by Crippen LogP contribution is 2.27. The molecular formula is C11H15NO4. The maximum atomic E-state index is 10.5. The largest absolute Gasteiger partial charge is 0.493 e. The normalized spacial score (nSPS) is 11.9. The number of carboxylic acid groups (broad SMARTS) is 1. The molecule has 0 unspecified atom stereocenters. The lowest BCUT2D eigenvalue weighted by Gasteiger charge is -2.12. The molecule has 0 radical (unpaired) electrons. The van der Waals surface area contributed by atoms with Crippen LogP contribution in [-0.4, -0.2) is 30.8 Å². The molecule has 0 bridgehead atoms. The van der Waals surface area contributed by atoms with E-state index in [1.165, 1.54) is 7.11 Å². The predicted octanol–water partition coefficient (Wildman–Crippen LogP) is 0.794. The summed E-state index contributed by atoms with van der Waals surface area (Å²) >= 11 is 0. The second-order valence-electron chi connectivity index (χ2n) is 3.41. The molecule has 0 aliphatic carbocycles. The van der Waals surface area contributed by atoms with Gasteiger partial charge in [0.05, 0.1) is 7.11 Å². The SMILES string of the molecule is COc1cc(C)ccc1OC[C@H](N)C(=O)O. The van der Waals surface area contributed by atoms with Gasteiger partial charge in [0.2, 0.25) is 0 Å². The molecule has 0 saturated carbocycles. The molecule has 0 aliphatic heterocycles. The van der Waals surface area contributed by atoms with E-state index < -0.39 is 12.0 Å². The first kappa shape index (κ1) is 12.3. The zero-order valence-corrected chi connectivity index (χ0v) is 9.27. The number of aliphatic carboxylic acids is 1. The monoisotopic (exact) mass is 225 g/mol. The van der Waals surface area contributed by atoms with Gasteiger partial charge >= 0.3 is 5.97 Å². The number of hydrogen-bond donors (Lipinski definition) is 2. The first-order valence-corrected chi connectivity index (χ1v) is 4.80. The van der Waals surface area contributed by atoms with Gasteiger partial charge in [-0.05, 0) is 24.6 Å². The molecule has 0 amide bonds. The highest BCUT2D eigenvalue weighted by Gasteiger charge is 2.13. The first-order chi connectivity index (χ1) is 7.54. The van der Waals surface area contributed by atoms with Crippen LogP contribution in [0.5, 0.6) is 11.5 Å². The number of hydrogen-bond acceptors (Lipinski definition) is 4. The van der Waals surface area contributed by atoms with E-state index in [0.717, 1.165) is 5.56 Å². The summed E-state index contributed by atoms with van der Waals surface area (Å²) in [5.74, 6) is -0.0338. The smallest absolute Gasteiger partial charge is 0.324 e. The summed E-state index contributed by atoms with van der Waals surface area (Å²) in [6.07, 6.45) is 0. The van der Waals surface area contributed by atoms with Gasteiger partial charge < -0.3 is 20.3 Å². The number of rotatable bonds is 5. The fourth-order valence-corrected chi connectivity index (χ4v) is 1.14. The van der Waals surface area contributed by atoms with Gasteiger partial charge in [-0.15, -0.1) is 0 Å². The Kier molecular flexibility index (Phi) is 4.13. The van der Waals surface area contributed by atoms with E-state index in [0.29, 0.717) is 11.5 Å². The average Bonchev–Trinajstić information content (AvgIpc) is 2.26. The van der Waals surface area contributed by atoms with Crippen LogP contribution in [0.3, 0.4) is 0 Å². The van der Waals surface area contributed by atoms with Crippen LogP contribution in [-0.2, 0) is 4.79 Å². The molecule has 0 aliphatic rings. The van der Waals surface area contributed by atoms with E-state index in [9.17, 15) is 4.79 Å².